The minimum absolute atomic E-state index is 0.130. The number of aromatic nitrogens is 2. The van der Waals surface area contributed by atoms with E-state index in [1.54, 1.807) is 36.2 Å². The first kappa shape index (κ1) is 16.4. The van der Waals surface area contributed by atoms with Crippen molar-refractivity contribution in [3.05, 3.63) is 47.9 Å². The predicted octanol–water partition coefficient (Wildman–Crippen LogP) is 2.96. The zero-order valence-electron chi connectivity index (χ0n) is 13.3. The number of unbranched alkanes of at least 4 members (excludes halogenated alkanes) is 1. The molecule has 0 saturated carbocycles. The van der Waals surface area contributed by atoms with E-state index >= 15 is 0 Å². The van der Waals surface area contributed by atoms with Gasteiger partial charge in [0.25, 0.3) is 5.91 Å². The number of nitrogens with zero attached hydrogens (tertiary/aromatic N) is 4. The Bertz CT molecular complexity index is 723. The first-order valence-corrected chi connectivity index (χ1v) is 7.48. The van der Waals surface area contributed by atoms with E-state index in [-0.39, 0.29) is 5.91 Å². The van der Waals surface area contributed by atoms with Gasteiger partial charge >= 0.3 is 0 Å². The topological polar surface area (TPSA) is 81.9 Å². The minimum Gasteiger partial charge on any atom is -0.340 e. The lowest BCUT2D eigenvalue weighted by molar-refractivity contribution is 0.0787. The second-order valence-electron chi connectivity index (χ2n) is 5.19. The molecule has 6 nitrogen and oxygen atoms in total. The molecule has 23 heavy (non-hydrogen) atoms. The number of amides is 1. The van der Waals surface area contributed by atoms with Crippen LogP contribution >= 0.6 is 0 Å². The third-order valence-electron chi connectivity index (χ3n) is 3.34. The molecular weight excluding hydrogens is 290 g/mol. The van der Waals surface area contributed by atoms with E-state index < -0.39 is 0 Å². The third kappa shape index (κ3) is 4.51. The largest absolute Gasteiger partial charge is 0.340 e. The fourth-order valence-electron chi connectivity index (χ4n) is 2.05. The van der Waals surface area contributed by atoms with Crippen LogP contribution in [0.4, 0.5) is 11.5 Å². The standard InChI is InChI=1S/C17H19N5O/c1-3-4-8-22(2)17(23)15-10-16(20-12-19-15)21-14-7-5-6-13(9-14)11-18/h5-7,9-10,12H,3-4,8H2,1-2H3,(H,19,20,21). The van der Waals surface area contributed by atoms with Crippen molar-refractivity contribution in [1.29, 1.82) is 5.26 Å². The number of rotatable bonds is 6. The van der Waals surface area contributed by atoms with E-state index in [1.807, 2.05) is 6.07 Å². The van der Waals surface area contributed by atoms with Gasteiger partial charge in [0, 0.05) is 25.3 Å². The van der Waals surface area contributed by atoms with Crippen LogP contribution < -0.4 is 5.32 Å². The molecule has 1 N–H and O–H groups in total. The van der Waals surface area contributed by atoms with Crippen LogP contribution in [0.15, 0.2) is 36.7 Å². The van der Waals surface area contributed by atoms with Gasteiger partial charge in [0.2, 0.25) is 0 Å². The van der Waals surface area contributed by atoms with Crippen LogP contribution in [0.3, 0.4) is 0 Å². The van der Waals surface area contributed by atoms with Crippen LogP contribution in [-0.4, -0.2) is 34.4 Å². The summed E-state index contributed by atoms with van der Waals surface area (Å²) in [6.07, 6.45) is 3.35. The van der Waals surface area contributed by atoms with Gasteiger partial charge < -0.3 is 10.2 Å². The van der Waals surface area contributed by atoms with Gasteiger partial charge in [0.1, 0.15) is 17.8 Å². The maximum Gasteiger partial charge on any atom is 0.272 e. The van der Waals surface area contributed by atoms with Crippen LogP contribution in [0.1, 0.15) is 35.8 Å². The smallest absolute Gasteiger partial charge is 0.272 e. The highest BCUT2D eigenvalue weighted by atomic mass is 16.2. The lowest BCUT2D eigenvalue weighted by atomic mass is 10.2. The normalized spacial score (nSPS) is 9.96. The number of carbonyl (C=O) groups is 1. The molecule has 2 aromatic rings. The van der Waals surface area contributed by atoms with Gasteiger partial charge in [-0.3, -0.25) is 4.79 Å². The molecule has 118 valence electrons. The van der Waals surface area contributed by atoms with Gasteiger partial charge in [-0.05, 0) is 24.6 Å². The van der Waals surface area contributed by atoms with E-state index in [4.69, 9.17) is 5.26 Å². The average Bonchev–Trinajstić information content (AvgIpc) is 2.59. The second kappa shape index (κ2) is 7.90. The zero-order valence-corrected chi connectivity index (χ0v) is 13.3. The molecule has 1 aromatic heterocycles. The van der Waals surface area contributed by atoms with Crippen molar-refractivity contribution in [2.75, 3.05) is 18.9 Å². The van der Waals surface area contributed by atoms with Crippen LogP contribution in [-0.2, 0) is 0 Å². The SMILES string of the molecule is CCCCN(C)C(=O)c1cc(Nc2cccc(C#N)c2)ncn1. The molecule has 0 spiro atoms. The highest BCUT2D eigenvalue weighted by molar-refractivity contribution is 5.92. The number of carbonyl (C=O) groups excluding carboxylic acids is 1. The Morgan fingerprint density at radius 3 is 2.91 bits per heavy atom. The summed E-state index contributed by atoms with van der Waals surface area (Å²) in [4.78, 5) is 22.1. The lowest BCUT2D eigenvalue weighted by Gasteiger charge is -2.16. The van der Waals surface area contributed by atoms with Crippen LogP contribution in [0.5, 0.6) is 0 Å². The summed E-state index contributed by atoms with van der Waals surface area (Å²) in [5.74, 6) is 0.386. The Morgan fingerprint density at radius 2 is 2.17 bits per heavy atom. The summed E-state index contributed by atoms with van der Waals surface area (Å²) in [5.41, 5.74) is 1.64. The first-order valence-electron chi connectivity index (χ1n) is 7.48. The quantitative estimate of drug-likeness (QED) is 0.887. The molecule has 6 heteroatoms. The number of hydrogen-bond acceptors (Lipinski definition) is 5. The Morgan fingerprint density at radius 1 is 1.35 bits per heavy atom. The Labute approximate surface area is 135 Å². The maximum absolute atomic E-state index is 12.3. The molecule has 0 atom stereocenters. The van der Waals surface area contributed by atoms with E-state index in [9.17, 15) is 4.79 Å². The summed E-state index contributed by atoms with van der Waals surface area (Å²) in [6, 6.07) is 10.8. The minimum atomic E-state index is -0.130. The van der Waals surface area contributed by atoms with Gasteiger partial charge in [-0.2, -0.15) is 5.26 Å². The fraction of sp³-hybridized carbons (Fsp3) is 0.294. The van der Waals surface area contributed by atoms with E-state index in [1.165, 1.54) is 6.33 Å². The zero-order chi connectivity index (χ0) is 16.7. The first-order chi connectivity index (χ1) is 11.1. The van der Waals surface area contributed by atoms with Crippen molar-refractivity contribution in [2.45, 2.75) is 19.8 Å². The highest BCUT2D eigenvalue weighted by Crippen LogP contribution is 2.16. The number of nitrogens with one attached hydrogen (secondary N) is 1. The lowest BCUT2D eigenvalue weighted by Crippen LogP contribution is -2.28. The van der Waals surface area contributed by atoms with Gasteiger partial charge in [0.15, 0.2) is 0 Å². The summed E-state index contributed by atoms with van der Waals surface area (Å²) in [7, 11) is 1.77. The molecule has 0 aliphatic carbocycles. The number of nitriles is 1. The van der Waals surface area contributed by atoms with Crippen molar-refractivity contribution in [2.24, 2.45) is 0 Å². The Balaban J connectivity index is 2.13. The summed E-state index contributed by atoms with van der Waals surface area (Å²) in [6.45, 7) is 2.78. The molecule has 1 heterocycles. The van der Waals surface area contributed by atoms with Gasteiger partial charge in [-0.1, -0.05) is 19.4 Å². The number of hydrogen-bond donors (Lipinski definition) is 1. The van der Waals surface area contributed by atoms with Gasteiger partial charge in [-0.25, -0.2) is 9.97 Å². The van der Waals surface area contributed by atoms with Crippen molar-refractivity contribution in [1.82, 2.24) is 14.9 Å². The Hall–Kier alpha value is -2.94. The molecule has 0 unspecified atom stereocenters. The van der Waals surface area contributed by atoms with E-state index in [0.717, 1.165) is 18.5 Å². The highest BCUT2D eigenvalue weighted by Gasteiger charge is 2.13. The van der Waals surface area contributed by atoms with Crippen molar-refractivity contribution in [3.8, 4) is 6.07 Å². The van der Waals surface area contributed by atoms with E-state index in [0.29, 0.717) is 23.6 Å². The molecule has 0 aliphatic rings. The maximum atomic E-state index is 12.3. The molecule has 0 aliphatic heterocycles. The molecule has 2 rings (SSSR count). The molecule has 0 saturated heterocycles. The molecule has 0 radical (unpaired) electrons. The summed E-state index contributed by atoms with van der Waals surface area (Å²) < 4.78 is 0. The monoisotopic (exact) mass is 309 g/mol. The molecule has 1 amide bonds. The van der Waals surface area contributed by atoms with Crippen molar-refractivity contribution in [3.63, 3.8) is 0 Å². The van der Waals surface area contributed by atoms with Crippen molar-refractivity contribution < 1.29 is 4.79 Å². The summed E-state index contributed by atoms with van der Waals surface area (Å²) in [5, 5.41) is 12.0. The van der Waals surface area contributed by atoms with Gasteiger partial charge in [0.05, 0.1) is 11.6 Å². The van der Waals surface area contributed by atoms with Crippen LogP contribution in [0.25, 0.3) is 0 Å². The second-order valence-corrected chi connectivity index (χ2v) is 5.19. The summed E-state index contributed by atoms with van der Waals surface area (Å²) >= 11 is 0. The molecule has 0 bridgehead atoms. The average molecular weight is 309 g/mol. The number of anilines is 2. The van der Waals surface area contributed by atoms with Crippen LogP contribution in [0, 0.1) is 11.3 Å². The van der Waals surface area contributed by atoms with Crippen molar-refractivity contribution >= 4 is 17.4 Å². The fourth-order valence-corrected chi connectivity index (χ4v) is 2.05. The van der Waals surface area contributed by atoms with Crippen LogP contribution in [0.2, 0.25) is 0 Å². The Kier molecular flexibility index (Phi) is 5.64. The molecule has 1 aromatic carbocycles. The number of benzene rings is 1. The molecule has 0 fully saturated rings. The van der Waals surface area contributed by atoms with E-state index in [2.05, 4.69) is 28.3 Å². The predicted molar refractivity (Wildman–Crippen MR) is 88.3 cm³/mol. The third-order valence-corrected chi connectivity index (χ3v) is 3.34. The van der Waals surface area contributed by atoms with Gasteiger partial charge in [-0.15, -0.1) is 0 Å². The molecular formula is C17H19N5O.